The number of hydrogen-bond acceptors (Lipinski definition) is 1. The number of aryl methyl sites for hydroxylation is 1. The number of benzene rings is 2. The fourth-order valence-electron chi connectivity index (χ4n) is 1.39. The molecule has 0 aliphatic heterocycles. The normalized spacial score (nSPS) is 11.2. The summed E-state index contributed by atoms with van der Waals surface area (Å²) in [7, 11) is 1.72. The minimum absolute atomic E-state index is 0.209. The molecule has 0 saturated heterocycles. The third-order valence-electron chi connectivity index (χ3n) is 2.56. The Morgan fingerprint density at radius 1 is 0.824 bits per heavy atom. The summed E-state index contributed by atoms with van der Waals surface area (Å²) in [5.74, 6) is 0. The van der Waals surface area contributed by atoms with Gasteiger partial charge in [-0.15, -0.1) is 0 Å². The van der Waals surface area contributed by atoms with Crippen molar-refractivity contribution in [3.05, 3.63) is 71.8 Å². The topological polar surface area (TPSA) is 9.23 Å². The molecule has 1 atom stereocenters. The fraction of sp³-hybridized carbons (Fsp3) is 0.250. The predicted octanol–water partition coefficient (Wildman–Crippen LogP) is 4.39. The van der Waals surface area contributed by atoms with Crippen LogP contribution in [0.2, 0.25) is 0 Å². The molecule has 0 aliphatic carbocycles. The molecule has 2 aromatic carbocycles. The second-order valence-electron chi connectivity index (χ2n) is 3.94. The summed E-state index contributed by atoms with van der Waals surface area (Å²) in [4.78, 5) is 0. The van der Waals surface area contributed by atoms with Gasteiger partial charge in [-0.2, -0.15) is 0 Å². The van der Waals surface area contributed by atoms with Crippen molar-refractivity contribution >= 4 is 0 Å². The van der Waals surface area contributed by atoms with Crippen LogP contribution in [0.15, 0.2) is 60.7 Å². The van der Waals surface area contributed by atoms with Crippen LogP contribution in [-0.2, 0) is 4.74 Å². The molecular weight excluding hydrogens is 208 g/mol. The monoisotopic (exact) mass is 228 g/mol. The maximum atomic E-state index is 5.14. The Bertz CT molecular complexity index is 394. The highest BCUT2D eigenvalue weighted by Crippen LogP contribution is 2.13. The highest BCUT2D eigenvalue weighted by Gasteiger charge is 1.99. The molecule has 0 heterocycles. The van der Waals surface area contributed by atoms with Crippen LogP contribution in [0.3, 0.4) is 0 Å². The van der Waals surface area contributed by atoms with Crippen LogP contribution < -0.4 is 0 Å². The van der Waals surface area contributed by atoms with E-state index in [1.165, 1.54) is 11.1 Å². The first-order valence-electron chi connectivity index (χ1n) is 5.83. The first-order valence-corrected chi connectivity index (χ1v) is 5.83. The Balaban J connectivity index is 0.000000181. The van der Waals surface area contributed by atoms with Crippen molar-refractivity contribution in [2.24, 2.45) is 0 Å². The second-order valence-corrected chi connectivity index (χ2v) is 3.94. The van der Waals surface area contributed by atoms with E-state index in [0.717, 1.165) is 0 Å². The number of methoxy groups -OCH3 is 1. The van der Waals surface area contributed by atoms with Crippen molar-refractivity contribution in [3.8, 4) is 0 Å². The zero-order valence-electron chi connectivity index (χ0n) is 10.8. The third-order valence-corrected chi connectivity index (χ3v) is 2.56. The van der Waals surface area contributed by atoms with E-state index in [2.05, 4.69) is 31.2 Å². The lowest BCUT2D eigenvalue weighted by Gasteiger charge is -2.07. The standard InChI is InChI=1S/C9H12O.C7H8/c1-8(10-2)9-6-4-3-5-7-9;1-7-5-3-2-4-6-7/h3-8H,1-2H3;2-6H,1H3. The lowest BCUT2D eigenvalue weighted by atomic mass is 10.1. The van der Waals surface area contributed by atoms with Crippen molar-refractivity contribution in [3.63, 3.8) is 0 Å². The van der Waals surface area contributed by atoms with E-state index in [9.17, 15) is 0 Å². The second kappa shape index (κ2) is 7.64. The van der Waals surface area contributed by atoms with Crippen molar-refractivity contribution in [1.82, 2.24) is 0 Å². The lowest BCUT2D eigenvalue weighted by molar-refractivity contribution is 0.119. The Kier molecular flexibility index (Phi) is 6.05. The Morgan fingerprint density at radius 2 is 1.29 bits per heavy atom. The van der Waals surface area contributed by atoms with Crippen LogP contribution in [0.5, 0.6) is 0 Å². The van der Waals surface area contributed by atoms with Crippen LogP contribution >= 0.6 is 0 Å². The average Bonchev–Trinajstić information content (AvgIpc) is 2.40. The van der Waals surface area contributed by atoms with E-state index >= 15 is 0 Å². The largest absolute Gasteiger partial charge is 0.377 e. The first-order chi connectivity index (χ1) is 8.24. The van der Waals surface area contributed by atoms with Gasteiger partial charge in [0.15, 0.2) is 0 Å². The van der Waals surface area contributed by atoms with Gasteiger partial charge in [0.25, 0.3) is 0 Å². The maximum Gasteiger partial charge on any atom is 0.0793 e. The molecule has 2 rings (SSSR count). The van der Waals surface area contributed by atoms with Gasteiger partial charge in [-0.3, -0.25) is 0 Å². The molecule has 0 saturated carbocycles. The first kappa shape index (κ1) is 13.5. The highest BCUT2D eigenvalue weighted by molar-refractivity contribution is 5.16. The zero-order valence-corrected chi connectivity index (χ0v) is 10.8. The van der Waals surface area contributed by atoms with Gasteiger partial charge in [0.2, 0.25) is 0 Å². The molecule has 90 valence electrons. The molecule has 0 fully saturated rings. The van der Waals surface area contributed by atoms with Crippen LogP contribution in [0.4, 0.5) is 0 Å². The van der Waals surface area contributed by atoms with Gasteiger partial charge >= 0.3 is 0 Å². The van der Waals surface area contributed by atoms with E-state index in [-0.39, 0.29) is 6.10 Å². The minimum atomic E-state index is 0.209. The molecule has 0 spiro atoms. The summed E-state index contributed by atoms with van der Waals surface area (Å²) >= 11 is 0. The molecule has 0 amide bonds. The molecule has 1 heteroatoms. The smallest absolute Gasteiger partial charge is 0.0793 e. The summed E-state index contributed by atoms with van der Waals surface area (Å²) in [5, 5.41) is 0. The van der Waals surface area contributed by atoms with Gasteiger partial charge in [0.1, 0.15) is 0 Å². The summed E-state index contributed by atoms with van der Waals surface area (Å²) in [5.41, 5.74) is 2.55. The third kappa shape index (κ3) is 5.32. The van der Waals surface area contributed by atoms with Gasteiger partial charge in [-0.25, -0.2) is 0 Å². The van der Waals surface area contributed by atoms with Crippen molar-refractivity contribution < 1.29 is 4.74 Å². The highest BCUT2D eigenvalue weighted by atomic mass is 16.5. The van der Waals surface area contributed by atoms with Crippen LogP contribution in [0, 0.1) is 6.92 Å². The molecule has 0 aromatic heterocycles. The lowest BCUT2D eigenvalue weighted by Crippen LogP contribution is -1.93. The molecular formula is C16H20O. The fourth-order valence-corrected chi connectivity index (χ4v) is 1.39. The van der Waals surface area contributed by atoms with Crippen molar-refractivity contribution in [1.29, 1.82) is 0 Å². The van der Waals surface area contributed by atoms with Gasteiger partial charge in [-0.05, 0) is 19.4 Å². The maximum absolute atomic E-state index is 5.14. The summed E-state index contributed by atoms with van der Waals surface area (Å²) in [6, 6.07) is 20.4. The Hall–Kier alpha value is -1.60. The molecule has 0 bridgehead atoms. The average molecular weight is 228 g/mol. The molecule has 17 heavy (non-hydrogen) atoms. The molecule has 1 unspecified atom stereocenters. The number of rotatable bonds is 2. The van der Waals surface area contributed by atoms with Gasteiger partial charge in [0.05, 0.1) is 6.10 Å². The van der Waals surface area contributed by atoms with E-state index in [0.29, 0.717) is 0 Å². The van der Waals surface area contributed by atoms with Crippen molar-refractivity contribution in [2.45, 2.75) is 20.0 Å². The van der Waals surface area contributed by atoms with Crippen LogP contribution in [0.25, 0.3) is 0 Å². The van der Waals surface area contributed by atoms with Crippen LogP contribution in [0.1, 0.15) is 24.2 Å². The summed E-state index contributed by atoms with van der Waals surface area (Å²) in [6.45, 7) is 4.12. The van der Waals surface area contributed by atoms with Gasteiger partial charge in [-0.1, -0.05) is 66.2 Å². The van der Waals surface area contributed by atoms with Crippen LogP contribution in [-0.4, -0.2) is 7.11 Å². The predicted molar refractivity (Wildman–Crippen MR) is 73.0 cm³/mol. The SMILES string of the molecule is COC(C)c1ccccc1.Cc1ccccc1. The Morgan fingerprint density at radius 3 is 1.65 bits per heavy atom. The quantitative estimate of drug-likeness (QED) is 0.740. The van der Waals surface area contributed by atoms with E-state index in [4.69, 9.17) is 4.74 Å². The van der Waals surface area contributed by atoms with Gasteiger partial charge in [0, 0.05) is 7.11 Å². The minimum Gasteiger partial charge on any atom is -0.377 e. The molecule has 0 aliphatic rings. The van der Waals surface area contributed by atoms with E-state index < -0.39 is 0 Å². The molecule has 0 N–H and O–H groups in total. The summed E-state index contributed by atoms with van der Waals surface area (Å²) < 4.78 is 5.14. The molecule has 1 nitrogen and oxygen atoms in total. The van der Waals surface area contributed by atoms with E-state index in [1.807, 2.05) is 43.3 Å². The Labute approximate surface area is 104 Å². The number of hydrogen-bond donors (Lipinski definition) is 0. The zero-order chi connectivity index (χ0) is 12.5. The summed E-state index contributed by atoms with van der Waals surface area (Å²) in [6.07, 6.45) is 0.209. The van der Waals surface area contributed by atoms with Crippen molar-refractivity contribution in [2.75, 3.05) is 7.11 Å². The molecule has 0 radical (unpaired) electrons. The molecule has 2 aromatic rings. The number of ether oxygens (including phenoxy) is 1. The van der Waals surface area contributed by atoms with E-state index in [1.54, 1.807) is 7.11 Å². The van der Waals surface area contributed by atoms with Gasteiger partial charge < -0.3 is 4.74 Å².